The Kier molecular flexibility index (Phi) is 3.77. The van der Waals surface area contributed by atoms with Crippen LogP contribution in [0.2, 0.25) is 0 Å². The summed E-state index contributed by atoms with van der Waals surface area (Å²) in [7, 11) is 2.07. The van der Waals surface area contributed by atoms with Crippen molar-refractivity contribution in [1.82, 2.24) is 24.4 Å². The van der Waals surface area contributed by atoms with Gasteiger partial charge >= 0.3 is 0 Å². The van der Waals surface area contributed by atoms with Gasteiger partial charge in [-0.3, -0.25) is 0 Å². The molecule has 0 amide bonds. The first-order valence-corrected chi connectivity index (χ1v) is 8.41. The second-order valence-corrected chi connectivity index (χ2v) is 6.91. The predicted molar refractivity (Wildman–Crippen MR) is 89.3 cm³/mol. The Bertz CT molecular complexity index is 667. The molecule has 122 valence electrons. The number of likely N-dealkylation sites (tertiary alicyclic amines) is 1. The van der Waals surface area contributed by atoms with Crippen LogP contribution < -0.4 is 4.90 Å². The number of hydrogen-bond acceptors (Lipinski definition) is 5. The van der Waals surface area contributed by atoms with Crippen LogP contribution in [0.15, 0.2) is 24.8 Å². The summed E-state index contributed by atoms with van der Waals surface area (Å²) in [5, 5.41) is 0. The van der Waals surface area contributed by atoms with Gasteiger partial charge in [0.15, 0.2) is 0 Å². The van der Waals surface area contributed by atoms with Crippen LogP contribution in [0.3, 0.4) is 0 Å². The summed E-state index contributed by atoms with van der Waals surface area (Å²) in [6, 6.07) is 2.10. The highest BCUT2D eigenvalue weighted by Crippen LogP contribution is 2.33. The molecule has 2 unspecified atom stereocenters. The van der Waals surface area contributed by atoms with Gasteiger partial charge in [-0.05, 0) is 18.8 Å². The highest BCUT2D eigenvalue weighted by molar-refractivity contribution is 5.40. The Hall–Kier alpha value is -1.95. The summed E-state index contributed by atoms with van der Waals surface area (Å²) in [5.74, 6) is 3.81. The van der Waals surface area contributed by atoms with Crippen molar-refractivity contribution < 1.29 is 0 Å². The molecule has 0 aliphatic carbocycles. The van der Waals surface area contributed by atoms with Crippen molar-refractivity contribution in [3.8, 4) is 0 Å². The van der Waals surface area contributed by atoms with Gasteiger partial charge in [-0.15, -0.1) is 0 Å². The number of rotatable bonds is 4. The van der Waals surface area contributed by atoms with Gasteiger partial charge in [0, 0.05) is 70.3 Å². The molecule has 2 fully saturated rings. The van der Waals surface area contributed by atoms with Crippen molar-refractivity contribution in [1.29, 1.82) is 0 Å². The van der Waals surface area contributed by atoms with Crippen molar-refractivity contribution in [3.05, 3.63) is 36.3 Å². The Morgan fingerprint density at radius 1 is 1.09 bits per heavy atom. The maximum absolute atomic E-state index is 4.44. The Labute approximate surface area is 137 Å². The van der Waals surface area contributed by atoms with E-state index in [1.807, 2.05) is 19.3 Å². The normalized spacial score (nSPS) is 24.3. The summed E-state index contributed by atoms with van der Waals surface area (Å²) < 4.78 is 2.12. The molecule has 2 aliphatic heterocycles. The minimum atomic E-state index is 0.770. The summed E-state index contributed by atoms with van der Waals surface area (Å²) >= 11 is 0. The van der Waals surface area contributed by atoms with E-state index in [-0.39, 0.29) is 0 Å². The maximum Gasteiger partial charge on any atom is 0.132 e. The smallest absolute Gasteiger partial charge is 0.132 e. The van der Waals surface area contributed by atoms with Crippen LogP contribution in [0.1, 0.15) is 11.5 Å². The van der Waals surface area contributed by atoms with E-state index in [4.69, 9.17) is 0 Å². The number of anilines is 1. The fourth-order valence-corrected chi connectivity index (χ4v) is 3.97. The first kappa shape index (κ1) is 14.6. The zero-order valence-corrected chi connectivity index (χ0v) is 13.9. The van der Waals surface area contributed by atoms with Crippen LogP contribution in [0.25, 0.3) is 0 Å². The third kappa shape index (κ3) is 2.95. The van der Waals surface area contributed by atoms with Crippen LogP contribution in [0, 0.1) is 18.8 Å². The summed E-state index contributed by atoms with van der Waals surface area (Å²) in [6.07, 6.45) is 6.63. The molecule has 2 aromatic rings. The Morgan fingerprint density at radius 3 is 2.52 bits per heavy atom. The third-order valence-corrected chi connectivity index (χ3v) is 5.25. The lowest BCUT2D eigenvalue weighted by molar-refractivity contribution is 0.317. The number of nitrogens with zero attached hydrogens (tertiary/aromatic N) is 6. The second-order valence-electron chi connectivity index (χ2n) is 6.91. The molecular formula is C17H24N6. The molecule has 2 aliphatic rings. The fraction of sp³-hybridized carbons (Fsp3) is 0.588. The van der Waals surface area contributed by atoms with Crippen LogP contribution in [-0.2, 0) is 13.5 Å². The van der Waals surface area contributed by atoms with Gasteiger partial charge in [0.05, 0.1) is 0 Å². The summed E-state index contributed by atoms with van der Waals surface area (Å²) in [4.78, 5) is 18.1. The first-order valence-electron chi connectivity index (χ1n) is 8.41. The zero-order valence-electron chi connectivity index (χ0n) is 13.9. The number of imidazole rings is 1. The molecule has 0 N–H and O–H groups in total. The third-order valence-electron chi connectivity index (χ3n) is 5.25. The molecule has 0 aromatic carbocycles. The van der Waals surface area contributed by atoms with E-state index >= 15 is 0 Å². The van der Waals surface area contributed by atoms with E-state index in [2.05, 4.69) is 42.4 Å². The van der Waals surface area contributed by atoms with Crippen molar-refractivity contribution in [3.63, 3.8) is 0 Å². The van der Waals surface area contributed by atoms with Crippen molar-refractivity contribution in [2.24, 2.45) is 18.9 Å². The van der Waals surface area contributed by atoms with E-state index < -0.39 is 0 Å². The fourth-order valence-electron chi connectivity index (χ4n) is 3.97. The van der Waals surface area contributed by atoms with E-state index in [1.165, 1.54) is 18.9 Å². The molecule has 6 nitrogen and oxygen atoms in total. The van der Waals surface area contributed by atoms with Gasteiger partial charge in [0.2, 0.25) is 0 Å². The summed E-state index contributed by atoms with van der Waals surface area (Å²) in [6.45, 7) is 7.80. The SMILES string of the molecule is Cc1cc(N2CC3CN(CCc4nccn4C)CC3C2)ncn1. The monoisotopic (exact) mass is 312 g/mol. The molecule has 4 heterocycles. The van der Waals surface area contributed by atoms with Gasteiger partial charge < -0.3 is 14.4 Å². The Morgan fingerprint density at radius 2 is 1.87 bits per heavy atom. The maximum atomic E-state index is 4.44. The number of fused-ring (bicyclic) bond motifs is 1. The molecular weight excluding hydrogens is 288 g/mol. The topological polar surface area (TPSA) is 50.1 Å². The van der Waals surface area contributed by atoms with Crippen LogP contribution >= 0.6 is 0 Å². The molecule has 23 heavy (non-hydrogen) atoms. The van der Waals surface area contributed by atoms with E-state index in [0.29, 0.717) is 0 Å². The predicted octanol–water partition coefficient (Wildman–Crippen LogP) is 1.13. The second kappa shape index (κ2) is 5.92. The molecule has 2 aromatic heterocycles. The molecule has 2 saturated heterocycles. The van der Waals surface area contributed by atoms with Gasteiger partial charge in [0.25, 0.3) is 0 Å². The van der Waals surface area contributed by atoms with Gasteiger partial charge in [0.1, 0.15) is 18.0 Å². The molecule has 0 spiro atoms. The highest BCUT2D eigenvalue weighted by atomic mass is 15.3. The minimum Gasteiger partial charge on any atom is -0.356 e. The van der Waals surface area contributed by atoms with Gasteiger partial charge in [-0.2, -0.15) is 0 Å². The van der Waals surface area contributed by atoms with Gasteiger partial charge in [-0.25, -0.2) is 15.0 Å². The molecule has 0 radical (unpaired) electrons. The lowest BCUT2D eigenvalue weighted by Gasteiger charge is -2.22. The first-order chi connectivity index (χ1) is 11.2. The van der Waals surface area contributed by atoms with E-state index in [9.17, 15) is 0 Å². The lowest BCUT2D eigenvalue weighted by Crippen LogP contribution is -2.30. The van der Waals surface area contributed by atoms with E-state index in [1.54, 1.807) is 6.33 Å². The lowest BCUT2D eigenvalue weighted by atomic mass is 10.0. The van der Waals surface area contributed by atoms with Crippen molar-refractivity contribution >= 4 is 5.82 Å². The molecule has 6 heteroatoms. The van der Waals surface area contributed by atoms with E-state index in [0.717, 1.165) is 49.4 Å². The molecule has 4 rings (SSSR count). The van der Waals surface area contributed by atoms with Crippen molar-refractivity contribution in [2.75, 3.05) is 37.6 Å². The molecule has 0 bridgehead atoms. The standard InChI is InChI=1S/C17H24N6/c1-13-7-17(20-12-19-13)23-10-14-8-22(9-15(14)11-23)5-3-16-18-4-6-21(16)2/h4,6-7,12,14-15H,3,5,8-11H2,1-2H3. The summed E-state index contributed by atoms with van der Waals surface area (Å²) in [5.41, 5.74) is 1.05. The largest absolute Gasteiger partial charge is 0.356 e. The van der Waals surface area contributed by atoms with Crippen LogP contribution in [0.5, 0.6) is 0 Å². The average molecular weight is 312 g/mol. The van der Waals surface area contributed by atoms with Crippen LogP contribution in [-0.4, -0.2) is 57.1 Å². The van der Waals surface area contributed by atoms with Gasteiger partial charge in [-0.1, -0.05) is 0 Å². The quantitative estimate of drug-likeness (QED) is 0.847. The number of aryl methyl sites for hydroxylation is 2. The Balaban J connectivity index is 1.32. The minimum absolute atomic E-state index is 0.770. The van der Waals surface area contributed by atoms with Crippen molar-refractivity contribution in [2.45, 2.75) is 13.3 Å². The molecule has 0 saturated carbocycles. The highest BCUT2D eigenvalue weighted by Gasteiger charge is 2.40. The average Bonchev–Trinajstić information content (AvgIpc) is 3.19. The number of aromatic nitrogens is 4. The molecule has 2 atom stereocenters. The number of hydrogen-bond donors (Lipinski definition) is 0. The zero-order chi connectivity index (χ0) is 15.8. The van der Waals surface area contributed by atoms with Crippen LogP contribution in [0.4, 0.5) is 5.82 Å².